The zero-order valence-electron chi connectivity index (χ0n) is 7.29. The first-order valence-corrected chi connectivity index (χ1v) is 6.17. The molecular formula is C6H13ClN2O3S. The Hall–Kier alpha value is 0.120. The van der Waals surface area contributed by atoms with Gasteiger partial charge in [0.05, 0.1) is 12.3 Å². The second-order valence-electron chi connectivity index (χ2n) is 3.05. The normalized spacial score (nSPS) is 30.3. The van der Waals surface area contributed by atoms with Gasteiger partial charge in [-0.05, 0) is 24.7 Å². The molecule has 78 valence electrons. The van der Waals surface area contributed by atoms with E-state index in [1.54, 1.807) is 0 Å². The molecule has 13 heavy (non-hydrogen) atoms. The third-order valence-corrected chi connectivity index (χ3v) is 2.74. The molecule has 0 bridgehead atoms. The van der Waals surface area contributed by atoms with Crippen molar-refractivity contribution in [2.75, 3.05) is 19.3 Å². The second-order valence-corrected chi connectivity index (χ2v) is 4.87. The van der Waals surface area contributed by atoms with E-state index in [4.69, 9.17) is 16.0 Å². The van der Waals surface area contributed by atoms with Gasteiger partial charge in [0.2, 0.25) is 0 Å². The fourth-order valence-electron chi connectivity index (χ4n) is 1.28. The molecule has 1 saturated heterocycles. The van der Waals surface area contributed by atoms with Crippen LogP contribution in [-0.4, -0.2) is 39.9 Å². The Kier molecular flexibility index (Phi) is 3.93. The highest BCUT2D eigenvalue weighted by Gasteiger charge is 2.27. The Morgan fingerprint density at radius 1 is 1.62 bits per heavy atom. The summed E-state index contributed by atoms with van der Waals surface area (Å²) in [5.74, 6) is 0. The Bertz CT molecular complexity index is 257. The van der Waals surface area contributed by atoms with Crippen molar-refractivity contribution in [1.82, 2.24) is 10.2 Å². The zero-order chi connectivity index (χ0) is 9.90. The summed E-state index contributed by atoms with van der Waals surface area (Å²) in [5.41, 5.74) is 0. The quantitative estimate of drug-likeness (QED) is 0.501. The summed E-state index contributed by atoms with van der Waals surface area (Å²) < 4.78 is 26.5. The Balaban J connectivity index is 2.55. The molecule has 2 atom stereocenters. The van der Waals surface area contributed by atoms with Crippen molar-refractivity contribution in [3.8, 4) is 0 Å². The minimum Gasteiger partial charge on any atom is -0.314 e. The van der Waals surface area contributed by atoms with Crippen molar-refractivity contribution >= 4 is 21.9 Å². The maximum Gasteiger partial charge on any atom is 0.264 e. The highest BCUT2D eigenvalue weighted by molar-refractivity contribution is 7.86. The molecule has 0 saturated carbocycles. The monoisotopic (exact) mass is 228 g/mol. The van der Waals surface area contributed by atoms with Gasteiger partial charge in [0, 0.05) is 6.54 Å². The van der Waals surface area contributed by atoms with E-state index >= 15 is 0 Å². The number of piperidine rings is 1. The summed E-state index contributed by atoms with van der Waals surface area (Å²) in [5, 5.41) is 3.03. The Morgan fingerprint density at radius 2 is 2.31 bits per heavy atom. The number of hydrogen-bond donors (Lipinski definition) is 2. The van der Waals surface area contributed by atoms with Gasteiger partial charge in [-0.15, -0.1) is 0 Å². The topological polar surface area (TPSA) is 67.4 Å². The van der Waals surface area contributed by atoms with E-state index in [1.165, 1.54) is 0 Å². The van der Waals surface area contributed by atoms with Gasteiger partial charge < -0.3 is 5.32 Å². The third kappa shape index (κ3) is 3.78. The van der Waals surface area contributed by atoms with Crippen LogP contribution in [0.15, 0.2) is 0 Å². The van der Waals surface area contributed by atoms with Gasteiger partial charge in [-0.2, -0.15) is 8.42 Å². The van der Waals surface area contributed by atoms with Crippen LogP contribution in [0.5, 0.6) is 0 Å². The van der Waals surface area contributed by atoms with Gasteiger partial charge in [-0.25, -0.2) is 4.84 Å². The number of nitrogens with one attached hydrogen (secondary N) is 2. The predicted molar refractivity (Wildman–Crippen MR) is 50.0 cm³/mol. The standard InChI is InChI=1S/C6H13ClN2O3S/c1-13(10,11)12-6-4-8-3-2-5(6)9-7/h5-6,8-9H,2-4H2,1H3/t5-,6-/m1/s1. The maximum absolute atomic E-state index is 10.8. The molecule has 0 aromatic carbocycles. The van der Waals surface area contributed by atoms with Gasteiger partial charge in [0.25, 0.3) is 10.1 Å². The van der Waals surface area contributed by atoms with Gasteiger partial charge in [-0.3, -0.25) is 4.18 Å². The summed E-state index contributed by atoms with van der Waals surface area (Å²) in [7, 11) is -3.41. The van der Waals surface area contributed by atoms with Gasteiger partial charge in [-0.1, -0.05) is 0 Å². The predicted octanol–water partition coefficient (Wildman–Crippen LogP) is -0.563. The first-order valence-electron chi connectivity index (χ1n) is 3.98. The number of rotatable bonds is 3. The van der Waals surface area contributed by atoms with Crippen LogP contribution in [-0.2, 0) is 14.3 Å². The molecule has 1 fully saturated rings. The lowest BCUT2D eigenvalue weighted by atomic mass is 10.1. The van der Waals surface area contributed by atoms with Crippen LogP contribution in [0.3, 0.4) is 0 Å². The highest BCUT2D eigenvalue weighted by atomic mass is 35.5. The summed E-state index contributed by atoms with van der Waals surface area (Å²) >= 11 is 5.45. The zero-order valence-corrected chi connectivity index (χ0v) is 8.86. The third-order valence-electron chi connectivity index (χ3n) is 1.86. The van der Waals surface area contributed by atoms with Crippen LogP contribution < -0.4 is 10.2 Å². The summed E-state index contributed by atoms with van der Waals surface area (Å²) in [4.78, 5) is 2.52. The minimum absolute atomic E-state index is 0.113. The summed E-state index contributed by atoms with van der Waals surface area (Å²) in [6.07, 6.45) is 1.37. The molecule has 7 heteroatoms. The second kappa shape index (κ2) is 4.56. The molecule has 1 aliphatic rings. The van der Waals surface area contributed by atoms with Crippen LogP contribution in [0.25, 0.3) is 0 Å². The molecule has 0 aliphatic carbocycles. The fourth-order valence-corrected chi connectivity index (χ4v) is 2.18. The van der Waals surface area contributed by atoms with Crippen molar-refractivity contribution in [2.24, 2.45) is 0 Å². The van der Waals surface area contributed by atoms with E-state index in [9.17, 15) is 8.42 Å². The van der Waals surface area contributed by atoms with Gasteiger partial charge in [0.15, 0.2) is 0 Å². The van der Waals surface area contributed by atoms with E-state index in [1.807, 2.05) is 0 Å². The minimum atomic E-state index is -3.41. The van der Waals surface area contributed by atoms with E-state index in [0.29, 0.717) is 6.54 Å². The lowest BCUT2D eigenvalue weighted by Gasteiger charge is -2.29. The SMILES string of the molecule is CS(=O)(=O)O[C@@H]1CNCC[C@H]1NCl. The summed E-state index contributed by atoms with van der Waals surface area (Å²) in [6.45, 7) is 1.31. The van der Waals surface area contributed by atoms with Crippen molar-refractivity contribution in [3.63, 3.8) is 0 Å². The lowest BCUT2D eigenvalue weighted by Crippen LogP contribution is -2.50. The van der Waals surface area contributed by atoms with E-state index in [-0.39, 0.29) is 6.04 Å². The largest absolute Gasteiger partial charge is 0.314 e. The van der Waals surface area contributed by atoms with Crippen molar-refractivity contribution in [1.29, 1.82) is 0 Å². The molecule has 0 aromatic rings. The van der Waals surface area contributed by atoms with E-state index in [0.717, 1.165) is 19.2 Å². The number of halogens is 1. The smallest absolute Gasteiger partial charge is 0.264 e. The maximum atomic E-state index is 10.8. The van der Waals surface area contributed by atoms with Crippen molar-refractivity contribution in [3.05, 3.63) is 0 Å². The fraction of sp³-hybridized carbons (Fsp3) is 1.00. The first-order chi connectivity index (χ1) is 6.03. The molecule has 0 radical (unpaired) electrons. The Morgan fingerprint density at radius 3 is 2.85 bits per heavy atom. The molecule has 1 aliphatic heterocycles. The molecule has 1 heterocycles. The van der Waals surface area contributed by atoms with Crippen molar-refractivity contribution in [2.45, 2.75) is 18.6 Å². The van der Waals surface area contributed by atoms with Crippen molar-refractivity contribution < 1.29 is 12.6 Å². The van der Waals surface area contributed by atoms with E-state index in [2.05, 4.69) is 10.2 Å². The van der Waals surface area contributed by atoms with Crippen LogP contribution >= 0.6 is 11.8 Å². The van der Waals surface area contributed by atoms with Gasteiger partial charge in [0.1, 0.15) is 6.10 Å². The van der Waals surface area contributed by atoms with Crippen LogP contribution in [0.2, 0.25) is 0 Å². The first kappa shape index (κ1) is 11.2. The molecule has 2 N–H and O–H groups in total. The van der Waals surface area contributed by atoms with Crippen LogP contribution in [0.4, 0.5) is 0 Å². The molecule has 0 unspecified atom stereocenters. The summed E-state index contributed by atoms with van der Waals surface area (Å²) in [6, 6.07) is -0.113. The van der Waals surface area contributed by atoms with Gasteiger partial charge >= 0.3 is 0 Å². The molecule has 1 rings (SSSR count). The molecule has 0 spiro atoms. The molecule has 5 nitrogen and oxygen atoms in total. The lowest BCUT2D eigenvalue weighted by molar-refractivity contribution is 0.145. The average molecular weight is 229 g/mol. The molecule has 0 aromatic heterocycles. The highest BCUT2D eigenvalue weighted by Crippen LogP contribution is 2.10. The molecule has 0 amide bonds. The number of hydrogen-bond acceptors (Lipinski definition) is 5. The van der Waals surface area contributed by atoms with Crippen LogP contribution in [0.1, 0.15) is 6.42 Å². The van der Waals surface area contributed by atoms with Crippen LogP contribution in [0, 0.1) is 0 Å². The van der Waals surface area contributed by atoms with E-state index < -0.39 is 16.2 Å². The Labute approximate surface area is 83.0 Å². The molecular weight excluding hydrogens is 216 g/mol. The average Bonchev–Trinajstić information content (AvgIpc) is 2.02.